The van der Waals surface area contributed by atoms with E-state index in [9.17, 15) is 9.59 Å². The van der Waals surface area contributed by atoms with Crippen LogP contribution in [0.2, 0.25) is 0 Å². The monoisotopic (exact) mass is 300 g/mol. The van der Waals surface area contributed by atoms with Crippen LogP contribution in [-0.4, -0.2) is 27.4 Å². The average molecular weight is 300 g/mol. The van der Waals surface area contributed by atoms with Crippen LogP contribution in [0.4, 0.5) is 5.69 Å². The Kier molecular flexibility index (Phi) is 3.60. The molecule has 1 unspecified atom stereocenters. The van der Waals surface area contributed by atoms with Crippen molar-refractivity contribution >= 4 is 28.5 Å². The highest BCUT2D eigenvalue weighted by atomic mass is 16.2. The van der Waals surface area contributed by atoms with Crippen molar-refractivity contribution in [2.24, 2.45) is 7.05 Å². The van der Waals surface area contributed by atoms with E-state index >= 15 is 0 Å². The van der Waals surface area contributed by atoms with Crippen LogP contribution in [0, 0.1) is 0 Å². The number of carbonyl (C=O) groups is 2. The number of carbonyl (C=O) groups excluding carboxylic acids is 2. The highest BCUT2D eigenvalue weighted by Gasteiger charge is 2.27. The summed E-state index contributed by atoms with van der Waals surface area (Å²) >= 11 is 0. The van der Waals surface area contributed by atoms with Gasteiger partial charge in [-0.05, 0) is 24.6 Å². The first-order valence-electron chi connectivity index (χ1n) is 7.52. The van der Waals surface area contributed by atoms with E-state index in [2.05, 4.69) is 34.0 Å². The van der Waals surface area contributed by atoms with Gasteiger partial charge < -0.3 is 15.2 Å². The SMILES string of the molecule is CC(C)c1nc2cc(NC(=O)C3CCC(=O)N3)ccc2n1C. The second kappa shape index (κ2) is 5.44. The number of benzene rings is 1. The Hall–Kier alpha value is -2.37. The lowest BCUT2D eigenvalue weighted by Gasteiger charge is -2.10. The summed E-state index contributed by atoms with van der Waals surface area (Å²) < 4.78 is 2.07. The minimum atomic E-state index is -0.432. The lowest BCUT2D eigenvalue weighted by atomic mass is 10.2. The van der Waals surface area contributed by atoms with Crippen molar-refractivity contribution in [3.8, 4) is 0 Å². The molecule has 1 aromatic carbocycles. The first kappa shape index (κ1) is 14.6. The number of amides is 2. The number of aromatic nitrogens is 2. The molecule has 1 saturated heterocycles. The van der Waals surface area contributed by atoms with Crippen LogP contribution in [0.3, 0.4) is 0 Å². The zero-order valence-corrected chi connectivity index (χ0v) is 13.0. The van der Waals surface area contributed by atoms with Crippen LogP contribution in [0.15, 0.2) is 18.2 Å². The Morgan fingerprint density at radius 3 is 2.86 bits per heavy atom. The van der Waals surface area contributed by atoms with Gasteiger partial charge in [0, 0.05) is 25.1 Å². The second-order valence-electron chi connectivity index (χ2n) is 6.04. The number of imidazole rings is 1. The number of hydrogen-bond acceptors (Lipinski definition) is 3. The minimum Gasteiger partial charge on any atom is -0.344 e. The fourth-order valence-electron chi connectivity index (χ4n) is 2.85. The number of anilines is 1. The van der Waals surface area contributed by atoms with E-state index in [0.717, 1.165) is 16.9 Å². The standard InChI is InChI=1S/C16H20N4O2/c1-9(2)15-19-12-8-10(4-6-13(12)20(15)3)17-16(22)11-5-7-14(21)18-11/h4,6,8-9,11H,5,7H2,1-3H3,(H,17,22)(H,18,21). The molecule has 116 valence electrons. The van der Waals surface area contributed by atoms with Crippen molar-refractivity contribution in [1.82, 2.24) is 14.9 Å². The van der Waals surface area contributed by atoms with Gasteiger partial charge in [0.15, 0.2) is 0 Å². The van der Waals surface area contributed by atoms with Gasteiger partial charge in [0.25, 0.3) is 0 Å². The molecular weight excluding hydrogens is 280 g/mol. The smallest absolute Gasteiger partial charge is 0.246 e. The first-order valence-corrected chi connectivity index (χ1v) is 7.52. The van der Waals surface area contributed by atoms with E-state index in [0.29, 0.717) is 24.4 Å². The van der Waals surface area contributed by atoms with Gasteiger partial charge in [0.2, 0.25) is 11.8 Å². The quantitative estimate of drug-likeness (QED) is 0.909. The molecule has 2 amide bonds. The third-order valence-electron chi connectivity index (χ3n) is 4.01. The Bertz CT molecular complexity index is 748. The molecule has 6 nitrogen and oxygen atoms in total. The molecule has 1 aromatic heterocycles. The normalized spacial score (nSPS) is 18.0. The molecule has 0 bridgehead atoms. The summed E-state index contributed by atoms with van der Waals surface area (Å²) in [6.45, 7) is 4.21. The lowest BCUT2D eigenvalue weighted by Crippen LogP contribution is -2.37. The Labute approximate surface area is 128 Å². The van der Waals surface area contributed by atoms with E-state index in [1.54, 1.807) is 0 Å². The summed E-state index contributed by atoms with van der Waals surface area (Å²) in [5, 5.41) is 5.52. The Morgan fingerprint density at radius 1 is 1.45 bits per heavy atom. The molecule has 3 rings (SSSR count). The number of aryl methyl sites for hydroxylation is 1. The summed E-state index contributed by atoms with van der Waals surface area (Å²) in [5.74, 6) is 1.11. The van der Waals surface area contributed by atoms with Crippen molar-refractivity contribution in [3.05, 3.63) is 24.0 Å². The zero-order valence-electron chi connectivity index (χ0n) is 13.0. The van der Waals surface area contributed by atoms with Crippen LogP contribution < -0.4 is 10.6 Å². The first-order chi connectivity index (χ1) is 10.5. The van der Waals surface area contributed by atoms with E-state index in [-0.39, 0.29) is 11.8 Å². The van der Waals surface area contributed by atoms with E-state index in [4.69, 9.17) is 0 Å². The number of hydrogen-bond donors (Lipinski definition) is 2. The van der Waals surface area contributed by atoms with E-state index < -0.39 is 6.04 Å². The molecular formula is C16H20N4O2. The van der Waals surface area contributed by atoms with Crippen LogP contribution in [0.25, 0.3) is 11.0 Å². The molecule has 1 aliphatic heterocycles. The molecule has 22 heavy (non-hydrogen) atoms. The van der Waals surface area contributed by atoms with Gasteiger partial charge in [-0.2, -0.15) is 0 Å². The molecule has 6 heteroatoms. The Morgan fingerprint density at radius 2 is 2.23 bits per heavy atom. The summed E-state index contributed by atoms with van der Waals surface area (Å²) in [6.07, 6.45) is 0.961. The lowest BCUT2D eigenvalue weighted by molar-refractivity contribution is -0.122. The van der Waals surface area contributed by atoms with Gasteiger partial charge in [0.05, 0.1) is 11.0 Å². The molecule has 1 fully saturated rings. The third kappa shape index (κ3) is 2.56. The van der Waals surface area contributed by atoms with Gasteiger partial charge in [-0.15, -0.1) is 0 Å². The van der Waals surface area contributed by atoms with Gasteiger partial charge in [-0.25, -0.2) is 4.98 Å². The topological polar surface area (TPSA) is 76.0 Å². The number of nitrogens with one attached hydrogen (secondary N) is 2. The molecule has 0 saturated carbocycles. The zero-order chi connectivity index (χ0) is 15.9. The number of fused-ring (bicyclic) bond motifs is 1. The van der Waals surface area contributed by atoms with E-state index in [1.807, 2.05) is 25.2 Å². The summed E-state index contributed by atoms with van der Waals surface area (Å²) in [6, 6.07) is 5.26. The summed E-state index contributed by atoms with van der Waals surface area (Å²) in [4.78, 5) is 27.9. The maximum Gasteiger partial charge on any atom is 0.246 e. The summed E-state index contributed by atoms with van der Waals surface area (Å²) in [5.41, 5.74) is 2.60. The van der Waals surface area contributed by atoms with Gasteiger partial charge in [-0.3, -0.25) is 9.59 Å². The van der Waals surface area contributed by atoms with Gasteiger partial charge in [-0.1, -0.05) is 13.8 Å². The fourth-order valence-corrected chi connectivity index (χ4v) is 2.85. The van der Waals surface area contributed by atoms with Crippen molar-refractivity contribution in [2.45, 2.75) is 38.6 Å². The minimum absolute atomic E-state index is 0.0677. The van der Waals surface area contributed by atoms with Crippen LogP contribution in [0.1, 0.15) is 38.4 Å². The van der Waals surface area contributed by atoms with Crippen molar-refractivity contribution in [1.29, 1.82) is 0 Å². The largest absolute Gasteiger partial charge is 0.344 e. The van der Waals surface area contributed by atoms with Crippen LogP contribution in [-0.2, 0) is 16.6 Å². The summed E-state index contributed by atoms with van der Waals surface area (Å²) in [7, 11) is 2.00. The second-order valence-corrected chi connectivity index (χ2v) is 6.04. The predicted molar refractivity (Wildman–Crippen MR) is 84.6 cm³/mol. The van der Waals surface area contributed by atoms with Crippen molar-refractivity contribution in [2.75, 3.05) is 5.32 Å². The molecule has 0 aliphatic carbocycles. The predicted octanol–water partition coefficient (Wildman–Crippen LogP) is 1.91. The number of nitrogens with zero attached hydrogens (tertiary/aromatic N) is 2. The maximum atomic E-state index is 12.1. The molecule has 2 aromatic rings. The molecule has 0 radical (unpaired) electrons. The maximum absolute atomic E-state index is 12.1. The third-order valence-corrected chi connectivity index (χ3v) is 4.01. The molecule has 0 spiro atoms. The highest BCUT2D eigenvalue weighted by Crippen LogP contribution is 2.23. The van der Waals surface area contributed by atoms with Gasteiger partial charge >= 0.3 is 0 Å². The molecule has 2 heterocycles. The average Bonchev–Trinajstić information content (AvgIpc) is 3.03. The van der Waals surface area contributed by atoms with Gasteiger partial charge in [0.1, 0.15) is 11.9 Å². The van der Waals surface area contributed by atoms with Crippen LogP contribution in [0.5, 0.6) is 0 Å². The molecule has 2 N–H and O–H groups in total. The Balaban J connectivity index is 1.83. The number of rotatable bonds is 3. The van der Waals surface area contributed by atoms with E-state index in [1.165, 1.54) is 0 Å². The molecule has 1 atom stereocenters. The fraction of sp³-hybridized carbons (Fsp3) is 0.438. The van der Waals surface area contributed by atoms with Crippen molar-refractivity contribution in [3.63, 3.8) is 0 Å². The van der Waals surface area contributed by atoms with Crippen LogP contribution >= 0.6 is 0 Å². The highest BCUT2D eigenvalue weighted by molar-refractivity contribution is 6.00. The molecule has 1 aliphatic rings. The van der Waals surface area contributed by atoms with Crippen molar-refractivity contribution < 1.29 is 9.59 Å².